The Morgan fingerprint density at radius 1 is 1.12 bits per heavy atom. The monoisotopic (exact) mass is 253 g/mol. The number of aryl methyl sites for hydroxylation is 1. The average molecular weight is 254 g/mol. The number of rotatable bonds is 2. The summed E-state index contributed by atoms with van der Waals surface area (Å²) < 4.78 is 0. The summed E-state index contributed by atoms with van der Waals surface area (Å²) in [4.78, 5) is 8.30. The van der Waals surface area contributed by atoms with Crippen molar-refractivity contribution in [2.75, 3.05) is 5.32 Å². The second-order valence-corrected chi connectivity index (χ2v) is 4.00. The van der Waals surface area contributed by atoms with Gasteiger partial charge in [-0.2, -0.15) is 0 Å². The summed E-state index contributed by atoms with van der Waals surface area (Å²) in [5.41, 5.74) is 1.52. The summed E-state index contributed by atoms with van der Waals surface area (Å²) in [6.07, 6.45) is 3.26. The van der Waals surface area contributed by atoms with E-state index in [1.165, 1.54) is 0 Å². The van der Waals surface area contributed by atoms with Gasteiger partial charge in [-0.15, -0.1) is 0 Å². The van der Waals surface area contributed by atoms with E-state index in [2.05, 4.69) is 15.3 Å². The molecule has 0 spiro atoms. The van der Waals surface area contributed by atoms with E-state index in [0.29, 0.717) is 15.9 Å². The molecule has 0 amide bonds. The molecule has 1 heterocycles. The zero-order valence-corrected chi connectivity index (χ0v) is 10.0. The van der Waals surface area contributed by atoms with E-state index >= 15 is 0 Å². The standard InChI is InChI=1S/C11H9Cl2N3/c1-7-11(15-6-5-14-7)16-9-4-2-3-8(12)10(9)13/h2-6H,1H3,(H,15,16). The van der Waals surface area contributed by atoms with Gasteiger partial charge in [0.1, 0.15) is 0 Å². The van der Waals surface area contributed by atoms with Gasteiger partial charge in [-0.1, -0.05) is 29.3 Å². The van der Waals surface area contributed by atoms with Gasteiger partial charge >= 0.3 is 0 Å². The average Bonchev–Trinajstić information content (AvgIpc) is 2.28. The number of anilines is 2. The Hall–Kier alpha value is -1.32. The molecule has 0 fully saturated rings. The van der Waals surface area contributed by atoms with Gasteiger partial charge in [-0.05, 0) is 19.1 Å². The molecule has 0 bridgehead atoms. The highest BCUT2D eigenvalue weighted by molar-refractivity contribution is 6.43. The van der Waals surface area contributed by atoms with E-state index in [9.17, 15) is 0 Å². The maximum atomic E-state index is 6.05. The Morgan fingerprint density at radius 2 is 1.88 bits per heavy atom. The smallest absolute Gasteiger partial charge is 0.151 e. The number of benzene rings is 1. The summed E-state index contributed by atoms with van der Waals surface area (Å²) in [5, 5.41) is 4.08. The largest absolute Gasteiger partial charge is 0.337 e. The summed E-state index contributed by atoms with van der Waals surface area (Å²) >= 11 is 12.0. The Bertz CT molecular complexity index is 514. The topological polar surface area (TPSA) is 37.8 Å². The van der Waals surface area contributed by atoms with Crippen molar-refractivity contribution in [3.05, 3.63) is 46.3 Å². The maximum Gasteiger partial charge on any atom is 0.151 e. The van der Waals surface area contributed by atoms with E-state index in [-0.39, 0.29) is 0 Å². The van der Waals surface area contributed by atoms with Crippen molar-refractivity contribution < 1.29 is 0 Å². The minimum atomic E-state index is 0.481. The third-order valence-corrected chi connectivity index (χ3v) is 2.90. The molecule has 1 N–H and O–H groups in total. The van der Waals surface area contributed by atoms with Crippen molar-refractivity contribution in [1.82, 2.24) is 9.97 Å². The lowest BCUT2D eigenvalue weighted by molar-refractivity contribution is 1.12. The predicted octanol–water partition coefficient (Wildman–Crippen LogP) is 3.84. The summed E-state index contributed by atoms with van der Waals surface area (Å²) in [6.45, 7) is 1.87. The van der Waals surface area contributed by atoms with E-state index in [0.717, 1.165) is 11.4 Å². The quantitative estimate of drug-likeness (QED) is 0.884. The molecule has 0 aliphatic heterocycles. The fraction of sp³-hybridized carbons (Fsp3) is 0.0909. The molecule has 0 atom stereocenters. The second-order valence-electron chi connectivity index (χ2n) is 3.22. The van der Waals surface area contributed by atoms with Gasteiger partial charge in [0.05, 0.1) is 21.4 Å². The summed E-state index contributed by atoms with van der Waals surface area (Å²) in [7, 11) is 0. The molecule has 3 nitrogen and oxygen atoms in total. The van der Waals surface area contributed by atoms with Crippen LogP contribution < -0.4 is 5.32 Å². The maximum absolute atomic E-state index is 6.05. The van der Waals surface area contributed by atoms with Gasteiger partial charge in [0.15, 0.2) is 5.82 Å². The SMILES string of the molecule is Cc1nccnc1Nc1cccc(Cl)c1Cl. The van der Waals surface area contributed by atoms with E-state index in [1.54, 1.807) is 18.5 Å². The van der Waals surface area contributed by atoms with Gasteiger partial charge < -0.3 is 5.32 Å². The molecule has 1 aromatic heterocycles. The number of nitrogens with one attached hydrogen (secondary N) is 1. The molecule has 1 aromatic carbocycles. The highest BCUT2D eigenvalue weighted by atomic mass is 35.5. The fourth-order valence-electron chi connectivity index (χ4n) is 1.26. The Kier molecular flexibility index (Phi) is 3.27. The van der Waals surface area contributed by atoms with Gasteiger partial charge in [-0.25, -0.2) is 4.98 Å². The Morgan fingerprint density at radius 3 is 2.62 bits per heavy atom. The zero-order chi connectivity index (χ0) is 11.5. The molecular weight excluding hydrogens is 245 g/mol. The van der Waals surface area contributed by atoms with Crippen LogP contribution in [0, 0.1) is 6.92 Å². The first kappa shape index (κ1) is 11.2. The Balaban J connectivity index is 2.35. The second kappa shape index (κ2) is 4.68. The third-order valence-electron chi connectivity index (χ3n) is 2.09. The molecule has 0 unspecified atom stereocenters. The highest BCUT2D eigenvalue weighted by Gasteiger charge is 2.06. The number of nitrogens with zero attached hydrogens (tertiary/aromatic N) is 2. The molecular formula is C11H9Cl2N3. The van der Waals surface area contributed by atoms with Gasteiger partial charge in [-0.3, -0.25) is 4.98 Å². The lowest BCUT2D eigenvalue weighted by Crippen LogP contribution is -1.98. The van der Waals surface area contributed by atoms with Crippen molar-refractivity contribution in [2.24, 2.45) is 0 Å². The summed E-state index contributed by atoms with van der Waals surface area (Å²) in [6, 6.07) is 5.39. The third kappa shape index (κ3) is 2.26. The van der Waals surface area contributed by atoms with Crippen LogP contribution in [0.5, 0.6) is 0 Å². The molecule has 0 saturated carbocycles. The van der Waals surface area contributed by atoms with Gasteiger partial charge in [0.25, 0.3) is 0 Å². The zero-order valence-electron chi connectivity index (χ0n) is 8.54. The lowest BCUT2D eigenvalue weighted by atomic mass is 10.3. The normalized spacial score (nSPS) is 10.2. The molecule has 5 heteroatoms. The molecule has 16 heavy (non-hydrogen) atoms. The van der Waals surface area contributed by atoms with Crippen LogP contribution in [0.3, 0.4) is 0 Å². The molecule has 2 aromatic rings. The first-order chi connectivity index (χ1) is 7.68. The molecule has 0 aliphatic rings. The molecule has 0 aliphatic carbocycles. The number of halogens is 2. The van der Waals surface area contributed by atoms with Crippen molar-refractivity contribution in [1.29, 1.82) is 0 Å². The van der Waals surface area contributed by atoms with Crippen LogP contribution in [0.4, 0.5) is 11.5 Å². The summed E-state index contributed by atoms with van der Waals surface area (Å²) in [5.74, 6) is 0.673. The van der Waals surface area contributed by atoms with Gasteiger partial charge in [0.2, 0.25) is 0 Å². The minimum absolute atomic E-state index is 0.481. The number of aromatic nitrogens is 2. The molecule has 0 radical (unpaired) electrons. The number of hydrogen-bond acceptors (Lipinski definition) is 3. The van der Waals surface area contributed by atoms with E-state index in [1.807, 2.05) is 19.1 Å². The van der Waals surface area contributed by atoms with Crippen molar-refractivity contribution in [2.45, 2.75) is 6.92 Å². The minimum Gasteiger partial charge on any atom is -0.337 e. The van der Waals surface area contributed by atoms with E-state index in [4.69, 9.17) is 23.2 Å². The van der Waals surface area contributed by atoms with Crippen LogP contribution in [0.2, 0.25) is 10.0 Å². The predicted molar refractivity (Wildman–Crippen MR) is 66.5 cm³/mol. The molecule has 0 saturated heterocycles. The van der Waals surface area contributed by atoms with Crippen LogP contribution in [-0.4, -0.2) is 9.97 Å². The van der Waals surface area contributed by atoms with E-state index < -0.39 is 0 Å². The first-order valence-electron chi connectivity index (χ1n) is 4.67. The van der Waals surface area contributed by atoms with Crippen LogP contribution in [-0.2, 0) is 0 Å². The highest BCUT2D eigenvalue weighted by Crippen LogP contribution is 2.31. The van der Waals surface area contributed by atoms with Gasteiger partial charge in [0, 0.05) is 12.4 Å². The van der Waals surface area contributed by atoms with Crippen molar-refractivity contribution in [3.63, 3.8) is 0 Å². The van der Waals surface area contributed by atoms with Crippen LogP contribution in [0.25, 0.3) is 0 Å². The first-order valence-corrected chi connectivity index (χ1v) is 5.42. The fourth-order valence-corrected chi connectivity index (χ4v) is 1.61. The molecule has 82 valence electrons. The Labute approximate surface area is 103 Å². The van der Waals surface area contributed by atoms with Crippen LogP contribution in [0.1, 0.15) is 5.69 Å². The number of hydrogen-bond donors (Lipinski definition) is 1. The van der Waals surface area contributed by atoms with Crippen molar-refractivity contribution in [3.8, 4) is 0 Å². The lowest BCUT2D eigenvalue weighted by Gasteiger charge is -2.09. The van der Waals surface area contributed by atoms with Crippen LogP contribution in [0.15, 0.2) is 30.6 Å². The molecule has 2 rings (SSSR count). The van der Waals surface area contributed by atoms with Crippen molar-refractivity contribution >= 4 is 34.7 Å². The van der Waals surface area contributed by atoms with Crippen LogP contribution >= 0.6 is 23.2 Å².